The molecule has 6 radical (unpaired) electrons. The van der Waals surface area contributed by atoms with Gasteiger partial charge in [0, 0.05) is 38.2 Å². The van der Waals surface area contributed by atoms with Crippen LogP contribution in [0.1, 0.15) is 29.2 Å². The van der Waals surface area contributed by atoms with E-state index in [4.69, 9.17) is 32.8 Å². The quantitative estimate of drug-likeness (QED) is 0.191. The molecule has 4 N–H and O–H groups in total. The van der Waals surface area contributed by atoms with Crippen molar-refractivity contribution < 1.29 is 23.6 Å². The molecule has 0 bridgehead atoms. The number of benzene rings is 1. The van der Waals surface area contributed by atoms with E-state index in [1.165, 1.54) is 13.2 Å². The molecular weight excluding hydrogens is 577 g/mol. The minimum atomic E-state index is -2.02. The maximum atomic E-state index is 12.9. The molecule has 0 spiro atoms. The summed E-state index contributed by atoms with van der Waals surface area (Å²) in [5.74, 6) is -0.394. The Kier molecular flexibility index (Phi) is 9.73. The lowest BCUT2D eigenvalue weighted by Gasteiger charge is -2.31. The number of para-hydroxylation sites is 1. The summed E-state index contributed by atoms with van der Waals surface area (Å²) in [7, 11) is 20.2. The third kappa shape index (κ3) is 8.60. The fraction of sp³-hybridized carbons (Fsp3) is 0.444. The van der Waals surface area contributed by atoms with Gasteiger partial charge in [-0.3, -0.25) is 19.3 Å². The first-order valence-electron chi connectivity index (χ1n) is 14.3. The topological polar surface area (TPSA) is 180 Å². The minimum absolute atomic E-state index is 0.0811. The molecule has 1 aliphatic heterocycles. The van der Waals surface area contributed by atoms with E-state index < -0.39 is 11.1 Å². The van der Waals surface area contributed by atoms with Crippen LogP contribution in [0.5, 0.6) is 5.75 Å². The van der Waals surface area contributed by atoms with Crippen LogP contribution in [0, 0.1) is 5.92 Å². The van der Waals surface area contributed by atoms with Gasteiger partial charge in [-0.25, -0.2) is 0 Å². The first-order chi connectivity index (χ1) is 21.5. The molecule has 1 saturated heterocycles. The van der Waals surface area contributed by atoms with E-state index in [2.05, 4.69) is 58.5 Å². The second-order valence-electron chi connectivity index (χ2n) is 11.0. The highest BCUT2D eigenvalue weighted by Gasteiger charge is 2.30. The predicted molar refractivity (Wildman–Crippen MR) is 166 cm³/mol. The third-order valence-electron chi connectivity index (χ3n) is 7.13. The number of nitrogens with one attached hydrogen (secondary N) is 4. The van der Waals surface area contributed by atoms with Gasteiger partial charge in [-0.05, 0) is 32.0 Å². The van der Waals surface area contributed by atoms with Crippen LogP contribution >= 0.6 is 0 Å². The molecule has 3 amide bonds. The molecule has 1 saturated carbocycles. The molecule has 2 aromatic heterocycles. The van der Waals surface area contributed by atoms with Crippen molar-refractivity contribution in [3.8, 4) is 17.2 Å². The molecule has 2 aliphatic rings. The van der Waals surface area contributed by atoms with Crippen LogP contribution in [0.2, 0.25) is 0 Å². The number of likely N-dealkylation sites (N-methyl/N-ethyl adjacent to an activating group) is 1. The summed E-state index contributed by atoms with van der Waals surface area (Å²) in [6.07, 6.45) is 1.58. The summed E-state index contributed by atoms with van der Waals surface area (Å²) in [4.78, 5) is 46.5. The molecule has 1 aliphatic carbocycles. The van der Waals surface area contributed by atoms with E-state index in [0.29, 0.717) is 23.5 Å². The molecule has 5 rings (SSSR count). The largest absolute Gasteiger partial charge is 0.494 e. The normalized spacial score (nSPS) is 15.7. The number of piperazine rings is 1. The van der Waals surface area contributed by atoms with E-state index in [1.807, 2.05) is 0 Å². The maximum Gasteiger partial charge on any atom is 0.272 e. The average Bonchev–Trinajstić information content (AvgIpc) is 3.74. The highest BCUT2D eigenvalue weighted by molar-refractivity contribution is 6.60. The zero-order valence-corrected chi connectivity index (χ0v) is 25.0. The first kappa shape index (κ1) is 32.0. The van der Waals surface area contributed by atoms with Gasteiger partial charge in [-0.2, -0.15) is 4.98 Å². The molecule has 0 unspecified atom stereocenters. The number of ether oxygens (including phenoxy) is 1. The average molecular weight is 608 g/mol. The molecule has 228 valence electrons. The lowest BCUT2D eigenvalue weighted by molar-refractivity contribution is -0.122. The van der Waals surface area contributed by atoms with Crippen molar-refractivity contribution in [2.75, 3.05) is 57.5 Å². The Hall–Kier alpha value is -4.44. The number of carbonyl (C=O) groups is 3. The Labute approximate surface area is 263 Å². The van der Waals surface area contributed by atoms with Gasteiger partial charge < -0.3 is 35.4 Å². The number of anilines is 3. The number of hydrogen-bond acceptors (Lipinski definition) is 12. The highest BCUT2D eigenvalue weighted by Crippen LogP contribution is 2.38. The van der Waals surface area contributed by atoms with Crippen LogP contribution in [-0.4, -0.2) is 124 Å². The number of amides is 3. The smallest absolute Gasteiger partial charge is 0.272 e. The summed E-state index contributed by atoms with van der Waals surface area (Å²) in [6.45, 7) is 3.85. The molecule has 45 heavy (non-hydrogen) atoms. The van der Waals surface area contributed by atoms with Gasteiger partial charge in [0.2, 0.25) is 11.8 Å². The van der Waals surface area contributed by atoms with E-state index in [1.54, 1.807) is 18.2 Å². The summed E-state index contributed by atoms with van der Waals surface area (Å²) < 4.78 is 11.2. The second kappa shape index (κ2) is 13.7. The standard InChI is InChI=1S/C27H31B3N10O5/c1-39-8-10-40(11-9-39)14-21(41)31-13-20-34-26(45-38-20)16-4-3-5-17(23(16)44-2)32-18-12-19(33-24(42)15-6-7-15)36-37-22(18)25(43)35-27(28,29)30/h3-5,12,15H,6-11,13-14H2,1-2H3,(H,31,41)(H,35,43)(H2,32,33,36,42). The van der Waals surface area contributed by atoms with Crippen molar-refractivity contribution in [3.63, 3.8) is 0 Å². The van der Waals surface area contributed by atoms with Gasteiger partial charge in [-0.15, -0.1) is 10.2 Å². The molecule has 18 heteroatoms. The summed E-state index contributed by atoms with van der Waals surface area (Å²) >= 11 is 0. The number of carbonyl (C=O) groups excluding carboxylic acids is 3. The van der Waals surface area contributed by atoms with Crippen LogP contribution in [0.4, 0.5) is 17.2 Å². The zero-order valence-electron chi connectivity index (χ0n) is 25.0. The van der Waals surface area contributed by atoms with Crippen LogP contribution in [0.3, 0.4) is 0 Å². The van der Waals surface area contributed by atoms with Gasteiger partial charge in [0.15, 0.2) is 23.1 Å². The second-order valence-corrected chi connectivity index (χ2v) is 11.0. The van der Waals surface area contributed by atoms with Crippen molar-refractivity contribution in [1.82, 2.24) is 40.8 Å². The van der Waals surface area contributed by atoms with Crippen molar-refractivity contribution in [2.24, 2.45) is 5.92 Å². The molecule has 3 heterocycles. The fourth-order valence-electron chi connectivity index (χ4n) is 4.59. The first-order valence-corrected chi connectivity index (χ1v) is 14.3. The third-order valence-corrected chi connectivity index (χ3v) is 7.13. The van der Waals surface area contributed by atoms with Crippen LogP contribution in [-0.2, 0) is 16.1 Å². The molecule has 0 atom stereocenters. The molecule has 15 nitrogen and oxygen atoms in total. The van der Waals surface area contributed by atoms with Crippen molar-refractivity contribution in [3.05, 3.63) is 35.8 Å². The number of methoxy groups -OCH3 is 1. The van der Waals surface area contributed by atoms with Crippen molar-refractivity contribution in [1.29, 1.82) is 0 Å². The molecular formula is C27H31B3N10O5. The zero-order chi connectivity index (χ0) is 32.1. The Bertz CT molecular complexity index is 1550. The lowest BCUT2D eigenvalue weighted by atomic mass is 9.49. The Morgan fingerprint density at radius 2 is 1.84 bits per heavy atom. The van der Waals surface area contributed by atoms with Crippen LogP contribution in [0.25, 0.3) is 11.5 Å². The SMILES string of the molecule is [B]C([B])([B])NC(=O)c1nnc(NC(=O)C2CC2)cc1Nc1cccc(-c2nc(CNC(=O)CN3CCN(C)CC3)no2)c1OC. The molecule has 2 fully saturated rings. The van der Waals surface area contributed by atoms with Gasteiger partial charge in [0.05, 0.1) is 60.7 Å². The van der Waals surface area contributed by atoms with Crippen molar-refractivity contribution in [2.45, 2.75) is 24.6 Å². The molecule has 3 aromatic rings. The lowest BCUT2D eigenvalue weighted by Crippen LogP contribution is -2.50. The van der Waals surface area contributed by atoms with Crippen LogP contribution in [0.15, 0.2) is 28.8 Å². The van der Waals surface area contributed by atoms with E-state index >= 15 is 0 Å². The van der Waals surface area contributed by atoms with Gasteiger partial charge >= 0.3 is 0 Å². The van der Waals surface area contributed by atoms with E-state index in [0.717, 1.165) is 39.0 Å². The highest BCUT2D eigenvalue weighted by atomic mass is 16.5. The number of hydrogen-bond donors (Lipinski definition) is 4. The summed E-state index contributed by atoms with van der Waals surface area (Å²) in [5, 5.41) is 20.8. The maximum absolute atomic E-state index is 12.9. The van der Waals surface area contributed by atoms with Crippen molar-refractivity contribution >= 4 is 58.5 Å². The summed E-state index contributed by atoms with van der Waals surface area (Å²) in [5.41, 5.74) is 0.758. The minimum Gasteiger partial charge on any atom is -0.494 e. The van der Waals surface area contributed by atoms with E-state index in [9.17, 15) is 14.4 Å². The van der Waals surface area contributed by atoms with Gasteiger partial charge in [-0.1, -0.05) is 16.5 Å². The molecule has 1 aromatic carbocycles. The van der Waals surface area contributed by atoms with Gasteiger partial charge in [0.1, 0.15) is 0 Å². The van der Waals surface area contributed by atoms with Gasteiger partial charge in [0.25, 0.3) is 11.8 Å². The number of nitrogens with zero attached hydrogens (tertiary/aromatic N) is 6. The predicted octanol–water partition coefficient (Wildman–Crippen LogP) is -0.662. The monoisotopic (exact) mass is 608 g/mol. The van der Waals surface area contributed by atoms with Crippen LogP contribution < -0.4 is 26.0 Å². The number of rotatable bonds is 12. The Balaban J connectivity index is 1.33. The summed E-state index contributed by atoms with van der Waals surface area (Å²) in [6, 6.07) is 6.53. The fourth-order valence-corrected chi connectivity index (χ4v) is 4.59. The number of aromatic nitrogens is 4. The Morgan fingerprint density at radius 3 is 2.53 bits per heavy atom. The van der Waals surface area contributed by atoms with E-state index in [-0.39, 0.29) is 53.2 Å². The Morgan fingerprint density at radius 1 is 1.09 bits per heavy atom.